The van der Waals surface area contributed by atoms with Gasteiger partial charge in [0.15, 0.2) is 0 Å². The summed E-state index contributed by atoms with van der Waals surface area (Å²) in [5, 5.41) is 5.63. The second-order valence-electron chi connectivity index (χ2n) is 11.7. The Morgan fingerprint density at radius 2 is 1.22 bits per heavy atom. The molecule has 2 aliphatic carbocycles. The molecule has 2 N–H and O–H groups in total. The predicted molar refractivity (Wildman–Crippen MR) is 160 cm³/mol. The zero-order chi connectivity index (χ0) is 28.8. The summed E-state index contributed by atoms with van der Waals surface area (Å²) in [6.07, 6.45) is 12.4. The Hall–Kier alpha value is -3.68. The smallest absolute Gasteiger partial charge is 0.255 e. The summed E-state index contributed by atoms with van der Waals surface area (Å²) < 4.78 is 0. The topological polar surface area (TPSA) is 98.8 Å². The van der Waals surface area contributed by atoms with Gasteiger partial charge < -0.3 is 20.4 Å². The van der Waals surface area contributed by atoms with Crippen LogP contribution < -0.4 is 10.6 Å². The fourth-order valence-corrected chi connectivity index (χ4v) is 6.85. The molecule has 2 saturated carbocycles. The Labute approximate surface area is 242 Å². The number of hydrogen-bond acceptors (Lipinski definition) is 4. The summed E-state index contributed by atoms with van der Waals surface area (Å²) in [6.45, 7) is 1.91. The lowest BCUT2D eigenvalue weighted by molar-refractivity contribution is -0.119. The molecule has 8 nitrogen and oxygen atoms in total. The first kappa shape index (κ1) is 28.8. The van der Waals surface area contributed by atoms with E-state index in [0.29, 0.717) is 35.5 Å². The first-order chi connectivity index (χ1) is 19.9. The standard InChI is InChI=1S/C33H42N4O4/c1-23(38)34-24-18-20-25(21-19-24)35-31(39)30-17-10-22-36(30)32(40)28-15-8-9-16-29(28)33(41)37(26-11-4-2-5-12-26)27-13-6-3-7-14-27/h8-9,15-16,18-21,26-27,30H,2-7,10-14,17,22H2,1H3,(H,34,38)(H,35,39). The van der Waals surface area contributed by atoms with E-state index < -0.39 is 6.04 Å². The summed E-state index contributed by atoms with van der Waals surface area (Å²) in [7, 11) is 0. The highest BCUT2D eigenvalue weighted by molar-refractivity contribution is 6.09. The third-order valence-electron chi connectivity index (χ3n) is 8.85. The molecule has 1 atom stereocenters. The summed E-state index contributed by atoms with van der Waals surface area (Å²) in [5.74, 6) is -0.716. The Morgan fingerprint density at radius 1 is 0.683 bits per heavy atom. The maximum atomic E-state index is 14.3. The molecule has 0 spiro atoms. The van der Waals surface area contributed by atoms with Crippen molar-refractivity contribution in [2.24, 2.45) is 0 Å². The minimum absolute atomic E-state index is 0.0350. The molecule has 41 heavy (non-hydrogen) atoms. The van der Waals surface area contributed by atoms with Crippen LogP contribution in [-0.4, -0.2) is 58.1 Å². The molecule has 5 rings (SSSR count). The van der Waals surface area contributed by atoms with E-state index in [0.717, 1.165) is 57.8 Å². The highest BCUT2D eigenvalue weighted by Gasteiger charge is 2.38. The molecule has 3 aliphatic rings. The van der Waals surface area contributed by atoms with E-state index in [4.69, 9.17) is 0 Å². The number of anilines is 2. The van der Waals surface area contributed by atoms with Gasteiger partial charge in [0.25, 0.3) is 11.8 Å². The normalized spacial score (nSPS) is 19.9. The van der Waals surface area contributed by atoms with Gasteiger partial charge in [-0.1, -0.05) is 50.7 Å². The van der Waals surface area contributed by atoms with Gasteiger partial charge in [-0.3, -0.25) is 19.2 Å². The third kappa shape index (κ3) is 6.80. The van der Waals surface area contributed by atoms with Gasteiger partial charge in [-0.15, -0.1) is 0 Å². The van der Waals surface area contributed by atoms with Gasteiger partial charge in [0.05, 0.1) is 11.1 Å². The van der Waals surface area contributed by atoms with E-state index in [1.807, 2.05) is 6.07 Å². The molecule has 3 fully saturated rings. The molecule has 1 heterocycles. The van der Waals surface area contributed by atoms with E-state index in [2.05, 4.69) is 15.5 Å². The molecule has 8 heteroatoms. The summed E-state index contributed by atoms with van der Waals surface area (Å²) in [5.41, 5.74) is 2.07. The van der Waals surface area contributed by atoms with Gasteiger partial charge in [-0.2, -0.15) is 0 Å². The summed E-state index contributed by atoms with van der Waals surface area (Å²) in [4.78, 5) is 56.6. The first-order valence-corrected chi connectivity index (χ1v) is 15.3. The van der Waals surface area contributed by atoms with E-state index in [-0.39, 0.29) is 35.7 Å². The molecular formula is C33H42N4O4. The van der Waals surface area contributed by atoms with Crippen LogP contribution in [0, 0.1) is 0 Å². The fourth-order valence-electron chi connectivity index (χ4n) is 6.85. The van der Waals surface area contributed by atoms with Crippen LogP contribution in [-0.2, 0) is 9.59 Å². The van der Waals surface area contributed by atoms with Crippen molar-refractivity contribution in [1.29, 1.82) is 0 Å². The van der Waals surface area contributed by atoms with Gasteiger partial charge in [-0.05, 0) is 74.9 Å². The van der Waals surface area contributed by atoms with Crippen LogP contribution in [0.4, 0.5) is 11.4 Å². The minimum atomic E-state index is -0.617. The molecule has 1 unspecified atom stereocenters. The van der Waals surface area contributed by atoms with Crippen molar-refractivity contribution in [3.63, 3.8) is 0 Å². The van der Waals surface area contributed by atoms with Crippen LogP contribution in [0.15, 0.2) is 48.5 Å². The van der Waals surface area contributed by atoms with Crippen LogP contribution in [0.3, 0.4) is 0 Å². The molecule has 1 aliphatic heterocycles. The quantitative estimate of drug-likeness (QED) is 0.436. The fraction of sp³-hybridized carbons (Fsp3) is 0.515. The molecule has 0 bridgehead atoms. The average Bonchev–Trinajstić information content (AvgIpc) is 3.49. The van der Waals surface area contributed by atoms with Crippen molar-refractivity contribution in [2.45, 2.75) is 102 Å². The summed E-state index contributed by atoms with van der Waals surface area (Å²) >= 11 is 0. The van der Waals surface area contributed by atoms with Crippen LogP contribution in [0.2, 0.25) is 0 Å². The first-order valence-electron chi connectivity index (χ1n) is 15.3. The molecule has 218 valence electrons. The summed E-state index contributed by atoms with van der Waals surface area (Å²) in [6, 6.07) is 13.9. The van der Waals surface area contributed by atoms with Gasteiger partial charge in [0, 0.05) is 36.9 Å². The lowest BCUT2D eigenvalue weighted by Gasteiger charge is -2.42. The molecule has 0 radical (unpaired) electrons. The van der Waals surface area contributed by atoms with Crippen LogP contribution in [0.5, 0.6) is 0 Å². The van der Waals surface area contributed by atoms with Crippen LogP contribution in [0.25, 0.3) is 0 Å². The number of amides is 4. The maximum absolute atomic E-state index is 14.3. The molecule has 4 amide bonds. The molecular weight excluding hydrogens is 516 g/mol. The van der Waals surface area contributed by atoms with E-state index in [1.165, 1.54) is 19.8 Å². The lowest BCUT2D eigenvalue weighted by Crippen LogP contribution is -2.49. The predicted octanol–water partition coefficient (Wildman–Crippen LogP) is 6.00. The second kappa shape index (κ2) is 13.3. The van der Waals surface area contributed by atoms with E-state index in [9.17, 15) is 19.2 Å². The molecule has 2 aromatic carbocycles. The van der Waals surface area contributed by atoms with Gasteiger partial charge >= 0.3 is 0 Å². The van der Waals surface area contributed by atoms with Crippen molar-refractivity contribution in [1.82, 2.24) is 9.80 Å². The number of carbonyl (C=O) groups excluding carboxylic acids is 4. The van der Waals surface area contributed by atoms with Crippen LogP contribution in [0.1, 0.15) is 105 Å². The van der Waals surface area contributed by atoms with E-state index in [1.54, 1.807) is 47.4 Å². The number of nitrogens with one attached hydrogen (secondary N) is 2. The van der Waals surface area contributed by atoms with Crippen molar-refractivity contribution in [3.05, 3.63) is 59.7 Å². The van der Waals surface area contributed by atoms with Gasteiger partial charge in [0.1, 0.15) is 6.04 Å². The minimum Gasteiger partial charge on any atom is -0.333 e. The Bertz CT molecular complexity index is 1230. The molecule has 1 saturated heterocycles. The molecule has 2 aromatic rings. The van der Waals surface area contributed by atoms with Gasteiger partial charge in [-0.25, -0.2) is 0 Å². The zero-order valence-electron chi connectivity index (χ0n) is 24.1. The van der Waals surface area contributed by atoms with Crippen molar-refractivity contribution in [3.8, 4) is 0 Å². The number of nitrogens with zero attached hydrogens (tertiary/aromatic N) is 2. The average molecular weight is 559 g/mol. The Balaban J connectivity index is 1.34. The maximum Gasteiger partial charge on any atom is 0.255 e. The van der Waals surface area contributed by atoms with Crippen molar-refractivity contribution >= 4 is 35.0 Å². The van der Waals surface area contributed by atoms with Crippen molar-refractivity contribution in [2.75, 3.05) is 17.2 Å². The Kier molecular flexibility index (Phi) is 9.37. The SMILES string of the molecule is CC(=O)Nc1ccc(NC(=O)C2CCCN2C(=O)c2ccccc2C(=O)N(C2CCCCC2)C2CCCCC2)cc1. The highest BCUT2D eigenvalue weighted by Crippen LogP contribution is 2.33. The third-order valence-corrected chi connectivity index (χ3v) is 8.85. The lowest BCUT2D eigenvalue weighted by atomic mass is 9.87. The monoisotopic (exact) mass is 558 g/mol. The van der Waals surface area contributed by atoms with E-state index >= 15 is 0 Å². The second-order valence-corrected chi connectivity index (χ2v) is 11.7. The van der Waals surface area contributed by atoms with Crippen molar-refractivity contribution < 1.29 is 19.2 Å². The number of likely N-dealkylation sites (tertiary alicyclic amines) is 1. The zero-order valence-corrected chi connectivity index (χ0v) is 24.1. The number of hydrogen-bond donors (Lipinski definition) is 2. The largest absolute Gasteiger partial charge is 0.333 e. The number of carbonyl (C=O) groups is 4. The van der Waals surface area contributed by atoms with Crippen LogP contribution >= 0.6 is 0 Å². The Morgan fingerprint density at radius 3 is 1.78 bits per heavy atom. The number of benzene rings is 2. The highest BCUT2D eigenvalue weighted by atomic mass is 16.2. The van der Waals surface area contributed by atoms with Gasteiger partial charge in [0.2, 0.25) is 11.8 Å². The molecule has 0 aromatic heterocycles. The number of rotatable bonds is 7.